The van der Waals surface area contributed by atoms with Crippen LogP contribution in [-0.2, 0) is 14.1 Å². The van der Waals surface area contributed by atoms with Gasteiger partial charge in [0.2, 0.25) is 0 Å². The molecule has 1 amide bonds. The van der Waals surface area contributed by atoms with E-state index in [1.165, 1.54) is 0 Å². The largest absolute Gasteiger partial charge is 0.492 e. The highest BCUT2D eigenvalue weighted by Crippen LogP contribution is 2.33. The molecule has 0 bridgehead atoms. The van der Waals surface area contributed by atoms with Gasteiger partial charge in [0.1, 0.15) is 24.7 Å². The van der Waals surface area contributed by atoms with Crippen molar-refractivity contribution in [3.05, 3.63) is 96.3 Å². The predicted octanol–water partition coefficient (Wildman–Crippen LogP) is 4.21. The number of benzene rings is 3. The van der Waals surface area contributed by atoms with Crippen LogP contribution in [0.3, 0.4) is 0 Å². The summed E-state index contributed by atoms with van der Waals surface area (Å²) < 4.78 is 15.6. The number of aryl methyl sites for hydroxylation is 3. The lowest BCUT2D eigenvalue weighted by Crippen LogP contribution is -2.27. The topological polar surface area (TPSA) is 156 Å². The van der Waals surface area contributed by atoms with E-state index in [0.29, 0.717) is 36.7 Å². The number of carbonyl (C=O) groups excluding carboxylic acids is 1. The Balaban J connectivity index is 0.000000192. The maximum absolute atomic E-state index is 12.6. The molecule has 0 saturated carbocycles. The Labute approximate surface area is 310 Å². The molecule has 13 nitrogen and oxygen atoms in total. The van der Waals surface area contributed by atoms with Crippen LogP contribution in [0.2, 0.25) is 0 Å². The average molecular weight is 723 g/mol. The molecule has 13 heteroatoms. The molecule has 5 N–H and O–H groups in total. The van der Waals surface area contributed by atoms with Gasteiger partial charge in [0.15, 0.2) is 0 Å². The van der Waals surface area contributed by atoms with Gasteiger partial charge in [-0.05, 0) is 80.4 Å². The van der Waals surface area contributed by atoms with Crippen LogP contribution in [-0.4, -0.2) is 110 Å². The number of hydrogen-bond donors (Lipinski definition) is 4. The molecular weight excluding hydrogens is 672 g/mol. The number of likely N-dealkylation sites (tertiary alicyclic amines) is 2. The van der Waals surface area contributed by atoms with Gasteiger partial charge >= 0.3 is 0 Å². The van der Waals surface area contributed by atoms with E-state index in [9.17, 15) is 15.0 Å². The lowest BCUT2D eigenvalue weighted by Gasteiger charge is -2.17. The molecule has 4 heterocycles. The van der Waals surface area contributed by atoms with Crippen LogP contribution >= 0.6 is 0 Å². The smallest absolute Gasteiger partial charge is 0.255 e. The molecule has 2 aliphatic rings. The molecule has 280 valence electrons. The highest BCUT2D eigenvalue weighted by molar-refractivity contribution is 6.04. The molecule has 0 aliphatic carbocycles. The van der Waals surface area contributed by atoms with Gasteiger partial charge in [-0.2, -0.15) is 10.2 Å². The second-order valence-corrected chi connectivity index (χ2v) is 13.6. The van der Waals surface area contributed by atoms with Gasteiger partial charge in [0.25, 0.3) is 5.91 Å². The molecule has 2 atom stereocenters. The zero-order chi connectivity index (χ0) is 37.3. The van der Waals surface area contributed by atoms with E-state index in [0.717, 1.165) is 85.1 Å². The van der Waals surface area contributed by atoms with Crippen molar-refractivity contribution in [2.24, 2.45) is 14.1 Å². The Morgan fingerprint density at radius 1 is 0.774 bits per heavy atom. The van der Waals surface area contributed by atoms with Crippen molar-refractivity contribution < 1.29 is 24.5 Å². The van der Waals surface area contributed by atoms with E-state index in [2.05, 4.69) is 25.3 Å². The second-order valence-electron chi connectivity index (χ2n) is 13.6. The fourth-order valence-electron chi connectivity index (χ4n) is 6.59. The Hall–Kier alpha value is -5.21. The summed E-state index contributed by atoms with van der Waals surface area (Å²) in [5.74, 6) is 1.38. The number of carbonyl (C=O) groups is 1. The molecule has 7 rings (SSSR count). The Bertz CT molecular complexity index is 1960. The predicted molar refractivity (Wildman–Crippen MR) is 206 cm³/mol. The first-order chi connectivity index (χ1) is 25.6. The maximum atomic E-state index is 12.6. The first-order valence-electron chi connectivity index (χ1n) is 18.1. The van der Waals surface area contributed by atoms with Crippen LogP contribution < -0.4 is 20.5 Å². The Kier molecular flexibility index (Phi) is 12.4. The summed E-state index contributed by atoms with van der Waals surface area (Å²) in [6, 6.07) is 22.6. The monoisotopic (exact) mass is 722 g/mol. The zero-order valence-electron chi connectivity index (χ0n) is 30.7. The average Bonchev–Trinajstić information content (AvgIpc) is 3.96. The number of nitrogen functional groups attached to an aromatic ring is 1. The molecular formula is C40H50N8O5. The van der Waals surface area contributed by atoms with E-state index in [4.69, 9.17) is 15.2 Å². The van der Waals surface area contributed by atoms with Gasteiger partial charge in [0, 0.05) is 93.8 Å². The minimum absolute atomic E-state index is 0.155. The van der Waals surface area contributed by atoms with E-state index in [-0.39, 0.29) is 18.1 Å². The van der Waals surface area contributed by atoms with Gasteiger partial charge in [-0.1, -0.05) is 17.7 Å². The van der Waals surface area contributed by atoms with Crippen LogP contribution in [0.4, 0.5) is 11.4 Å². The summed E-state index contributed by atoms with van der Waals surface area (Å²) in [6.45, 7) is 7.92. The van der Waals surface area contributed by atoms with Crippen molar-refractivity contribution in [2.75, 3.05) is 63.5 Å². The molecule has 0 spiro atoms. The van der Waals surface area contributed by atoms with E-state index in [1.54, 1.807) is 21.8 Å². The number of nitrogens with zero attached hydrogens (tertiary/aromatic N) is 6. The van der Waals surface area contributed by atoms with Gasteiger partial charge in [0.05, 0.1) is 23.6 Å². The van der Waals surface area contributed by atoms with Crippen molar-refractivity contribution in [1.82, 2.24) is 29.4 Å². The summed E-state index contributed by atoms with van der Waals surface area (Å²) in [4.78, 5) is 17.0. The number of nitrogens with one attached hydrogen (secondary N) is 1. The third kappa shape index (κ3) is 10.0. The molecule has 3 aromatic carbocycles. The van der Waals surface area contributed by atoms with Crippen LogP contribution in [0, 0.1) is 6.92 Å². The highest BCUT2D eigenvalue weighted by Gasteiger charge is 2.21. The second kappa shape index (κ2) is 17.5. The Morgan fingerprint density at radius 2 is 1.30 bits per heavy atom. The third-order valence-electron chi connectivity index (χ3n) is 9.57. The number of amides is 1. The molecule has 2 fully saturated rings. The van der Waals surface area contributed by atoms with Crippen LogP contribution in [0.15, 0.2) is 85.2 Å². The number of anilines is 2. The van der Waals surface area contributed by atoms with Crippen molar-refractivity contribution in [3.63, 3.8) is 0 Å². The van der Waals surface area contributed by atoms with Crippen molar-refractivity contribution in [1.29, 1.82) is 0 Å². The zero-order valence-corrected chi connectivity index (χ0v) is 30.7. The van der Waals surface area contributed by atoms with Crippen LogP contribution in [0.25, 0.3) is 22.5 Å². The minimum atomic E-state index is -0.235. The molecule has 53 heavy (non-hydrogen) atoms. The Morgan fingerprint density at radius 3 is 1.79 bits per heavy atom. The summed E-state index contributed by atoms with van der Waals surface area (Å²) in [5, 5.41) is 30.7. The first kappa shape index (κ1) is 37.5. The van der Waals surface area contributed by atoms with Crippen LogP contribution in [0.1, 0.15) is 28.8 Å². The van der Waals surface area contributed by atoms with Crippen molar-refractivity contribution in [3.8, 4) is 34.0 Å². The molecule has 0 unspecified atom stereocenters. The highest BCUT2D eigenvalue weighted by atomic mass is 16.5. The van der Waals surface area contributed by atoms with Gasteiger partial charge in [-0.3, -0.25) is 24.0 Å². The quantitative estimate of drug-likeness (QED) is 0.138. The number of aromatic nitrogens is 4. The summed E-state index contributed by atoms with van der Waals surface area (Å²) in [5.41, 5.74) is 12.7. The minimum Gasteiger partial charge on any atom is -0.492 e. The van der Waals surface area contributed by atoms with E-state index >= 15 is 0 Å². The maximum Gasteiger partial charge on any atom is 0.255 e. The van der Waals surface area contributed by atoms with E-state index in [1.807, 2.05) is 93.8 Å². The summed E-state index contributed by atoms with van der Waals surface area (Å²) in [6.07, 6.45) is 4.73. The van der Waals surface area contributed by atoms with Gasteiger partial charge in [-0.25, -0.2) is 0 Å². The van der Waals surface area contributed by atoms with Gasteiger partial charge in [-0.15, -0.1) is 0 Å². The third-order valence-corrected chi connectivity index (χ3v) is 9.57. The number of rotatable bonds is 12. The molecule has 2 aromatic heterocycles. The number of β-amino-alcohol motifs (C(OH)–C–C–N with tert-alkyl or cyclic N) is 2. The lowest BCUT2D eigenvalue weighted by molar-refractivity contribution is 0.102. The molecule has 2 aliphatic heterocycles. The number of aliphatic hydroxyl groups is 2. The number of hydrogen-bond acceptors (Lipinski definition) is 10. The first-order valence-corrected chi connectivity index (χ1v) is 18.1. The number of aliphatic hydroxyl groups excluding tert-OH is 2. The van der Waals surface area contributed by atoms with Crippen LogP contribution in [0.5, 0.6) is 11.5 Å². The number of nitrogens with two attached hydrogens (primary N) is 1. The number of ether oxygens (including phenoxy) is 2. The lowest BCUT2D eigenvalue weighted by atomic mass is 10.1. The SMILES string of the molecule is Cc1ccc(C(=O)Nc2ccc(OCCN3CC[C@H](O)C3)c(-c3ccnn3C)c2)cc1.Cn1nccc1-c1cc(N)ccc1OCCN1CC[C@H](O)C1. The summed E-state index contributed by atoms with van der Waals surface area (Å²) in [7, 11) is 3.77. The normalized spacial score (nSPS) is 17.4. The van der Waals surface area contributed by atoms with Crippen molar-refractivity contribution >= 4 is 17.3 Å². The molecule has 0 radical (unpaired) electrons. The molecule has 2 saturated heterocycles. The molecule has 5 aromatic rings. The fraction of sp³-hybridized carbons (Fsp3) is 0.375. The van der Waals surface area contributed by atoms with E-state index < -0.39 is 0 Å². The summed E-state index contributed by atoms with van der Waals surface area (Å²) >= 11 is 0. The standard InChI is InChI=1S/C24H28N4O3.C16H22N4O2/c1-17-3-5-18(6-4-17)24(30)26-19-7-8-23(21(15-19)22-9-11-25-27(22)2)31-14-13-28-12-10-20(29)16-28;1-19-15(4-6-18-19)14-10-12(17)2-3-16(14)22-9-8-20-7-5-13(21)11-20/h3-9,11,15,20,29H,10,12-14,16H2,1-2H3,(H,26,30);2-4,6,10,13,21H,5,7-9,11,17H2,1H3/t20-;13-/m00/s1. The van der Waals surface area contributed by atoms with Crippen molar-refractivity contribution in [2.45, 2.75) is 32.0 Å². The van der Waals surface area contributed by atoms with Gasteiger partial charge < -0.3 is 30.7 Å². The fourth-order valence-corrected chi connectivity index (χ4v) is 6.59.